The smallest absolute Gasteiger partial charge is 0.255 e. The number of likely N-dealkylation sites (tertiary alicyclic amines) is 1. The van der Waals surface area contributed by atoms with Crippen LogP contribution < -0.4 is 5.32 Å². The van der Waals surface area contributed by atoms with Gasteiger partial charge in [0, 0.05) is 30.4 Å². The zero-order valence-electron chi connectivity index (χ0n) is 14.1. The van der Waals surface area contributed by atoms with Gasteiger partial charge in [-0.25, -0.2) is 4.98 Å². The number of hydrogen-bond acceptors (Lipinski definition) is 3. The number of carbonyl (C=O) groups excluding carboxylic acids is 2. The quantitative estimate of drug-likeness (QED) is 0.838. The van der Waals surface area contributed by atoms with E-state index in [9.17, 15) is 9.59 Å². The summed E-state index contributed by atoms with van der Waals surface area (Å²) in [6.07, 6.45) is 5.35. The first-order chi connectivity index (χ1) is 11.2. The normalized spacial score (nSPS) is 25.0. The molecule has 2 atom stereocenters. The van der Waals surface area contributed by atoms with Crippen LogP contribution in [0.2, 0.25) is 5.15 Å². The lowest BCUT2D eigenvalue weighted by Gasteiger charge is -2.32. The lowest BCUT2D eigenvalue weighted by Crippen LogP contribution is -2.40. The maximum Gasteiger partial charge on any atom is 0.255 e. The number of likely N-dealkylation sites (N-methyl/N-ethyl adjacent to an activating group) is 1. The molecule has 0 radical (unpaired) electrons. The highest BCUT2D eigenvalue weighted by Gasteiger charge is 2.51. The number of halogens is 1. The summed E-state index contributed by atoms with van der Waals surface area (Å²) in [6.45, 7) is 5.91. The molecule has 0 spiro atoms. The summed E-state index contributed by atoms with van der Waals surface area (Å²) in [5.74, 6) is -0.130. The van der Waals surface area contributed by atoms with Gasteiger partial charge in [-0.3, -0.25) is 9.59 Å². The summed E-state index contributed by atoms with van der Waals surface area (Å²) < 4.78 is 0. The Bertz CT molecular complexity index is 782. The van der Waals surface area contributed by atoms with E-state index in [0.29, 0.717) is 5.56 Å². The number of allylic oxidation sites excluding steroid dienone is 2. The maximum absolute atomic E-state index is 12.5. The Labute approximate surface area is 146 Å². The van der Waals surface area contributed by atoms with Crippen molar-refractivity contribution >= 4 is 23.4 Å². The van der Waals surface area contributed by atoms with Gasteiger partial charge in [-0.05, 0) is 37.6 Å². The molecular weight excluding hydrogens is 326 g/mol. The van der Waals surface area contributed by atoms with Crippen molar-refractivity contribution in [3.63, 3.8) is 0 Å². The van der Waals surface area contributed by atoms with E-state index in [1.54, 1.807) is 11.0 Å². The van der Waals surface area contributed by atoms with Crippen molar-refractivity contribution in [2.75, 3.05) is 7.05 Å². The van der Waals surface area contributed by atoms with Crippen molar-refractivity contribution in [2.45, 2.75) is 26.8 Å². The number of aromatic nitrogens is 1. The highest BCUT2D eigenvalue weighted by atomic mass is 35.5. The fourth-order valence-corrected chi connectivity index (χ4v) is 3.76. The summed E-state index contributed by atoms with van der Waals surface area (Å²) in [5.41, 5.74) is 1.83. The minimum absolute atomic E-state index is 0.00184. The third-order valence-corrected chi connectivity index (χ3v) is 5.17. The molecule has 1 aliphatic heterocycles. The van der Waals surface area contributed by atoms with Gasteiger partial charge in [0.25, 0.3) is 5.91 Å². The fourth-order valence-electron chi connectivity index (χ4n) is 3.58. The van der Waals surface area contributed by atoms with Crippen LogP contribution in [0.3, 0.4) is 0 Å². The molecule has 2 unspecified atom stereocenters. The molecule has 126 valence electrons. The van der Waals surface area contributed by atoms with E-state index in [2.05, 4.69) is 10.3 Å². The zero-order chi connectivity index (χ0) is 17.6. The van der Waals surface area contributed by atoms with Gasteiger partial charge in [-0.15, -0.1) is 0 Å². The highest BCUT2D eigenvalue weighted by Crippen LogP contribution is 2.45. The Morgan fingerprint density at radius 1 is 1.38 bits per heavy atom. The van der Waals surface area contributed by atoms with Crippen molar-refractivity contribution in [3.8, 4) is 0 Å². The van der Waals surface area contributed by atoms with Crippen LogP contribution in [0.25, 0.3) is 0 Å². The van der Waals surface area contributed by atoms with E-state index in [1.807, 2.05) is 40.0 Å². The standard InChI is InChI=1S/C18H20ClN3O2/c1-10-13(21-16(23)11-7-8-20-14(19)9-11)6-5-12-15(10)22(4)17(24)18(12,2)3/h5-10,15H,1-4H3,(H,21,23). The molecule has 24 heavy (non-hydrogen) atoms. The van der Waals surface area contributed by atoms with Gasteiger partial charge < -0.3 is 10.2 Å². The molecule has 2 heterocycles. The topological polar surface area (TPSA) is 62.3 Å². The predicted molar refractivity (Wildman–Crippen MR) is 92.4 cm³/mol. The van der Waals surface area contributed by atoms with Crippen molar-refractivity contribution in [3.05, 3.63) is 52.5 Å². The minimum atomic E-state index is -0.502. The number of hydrogen-bond donors (Lipinski definition) is 1. The van der Waals surface area contributed by atoms with Gasteiger partial charge in [0.2, 0.25) is 5.91 Å². The first-order valence-corrected chi connectivity index (χ1v) is 8.23. The van der Waals surface area contributed by atoms with Crippen molar-refractivity contribution < 1.29 is 9.59 Å². The van der Waals surface area contributed by atoms with Crippen LogP contribution in [0.1, 0.15) is 31.1 Å². The first-order valence-electron chi connectivity index (χ1n) is 7.86. The van der Waals surface area contributed by atoms with Crippen LogP contribution >= 0.6 is 11.6 Å². The van der Waals surface area contributed by atoms with Gasteiger partial charge >= 0.3 is 0 Å². The van der Waals surface area contributed by atoms with Gasteiger partial charge in [0.1, 0.15) is 5.15 Å². The highest BCUT2D eigenvalue weighted by molar-refractivity contribution is 6.29. The van der Waals surface area contributed by atoms with Crippen LogP contribution in [-0.4, -0.2) is 34.8 Å². The lowest BCUT2D eigenvalue weighted by molar-refractivity contribution is -0.134. The molecule has 1 aliphatic carbocycles. The Morgan fingerprint density at radius 3 is 2.75 bits per heavy atom. The van der Waals surface area contributed by atoms with E-state index in [4.69, 9.17) is 11.6 Å². The predicted octanol–water partition coefficient (Wildman–Crippen LogP) is 2.79. The summed E-state index contributed by atoms with van der Waals surface area (Å²) >= 11 is 5.84. The number of nitrogens with one attached hydrogen (secondary N) is 1. The number of carbonyl (C=O) groups is 2. The molecule has 3 rings (SSSR count). The molecule has 1 aromatic rings. The molecule has 1 N–H and O–H groups in total. The monoisotopic (exact) mass is 345 g/mol. The Kier molecular flexibility index (Phi) is 4.00. The second-order valence-corrected chi connectivity index (χ2v) is 7.23. The van der Waals surface area contributed by atoms with Gasteiger partial charge in [0.05, 0.1) is 11.5 Å². The second kappa shape index (κ2) is 5.74. The van der Waals surface area contributed by atoms with E-state index >= 15 is 0 Å². The molecule has 0 bridgehead atoms. The third kappa shape index (κ3) is 2.53. The van der Waals surface area contributed by atoms with Crippen LogP contribution in [0.5, 0.6) is 0 Å². The molecule has 2 aliphatic rings. The molecule has 0 aromatic carbocycles. The molecular formula is C18H20ClN3O2. The fraction of sp³-hybridized carbons (Fsp3) is 0.389. The lowest BCUT2D eigenvalue weighted by atomic mass is 9.77. The average Bonchev–Trinajstić information content (AvgIpc) is 2.71. The van der Waals surface area contributed by atoms with Crippen molar-refractivity contribution in [1.29, 1.82) is 0 Å². The summed E-state index contributed by atoms with van der Waals surface area (Å²) in [4.78, 5) is 30.6. The average molecular weight is 346 g/mol. The van der Waals surface area contributed by atoms with Crippen LogP contribution in [0, 0.1) is 11.3 Å². The molecule has 5 nitrogen and oxygen atoms in total. The van der Waals surface area contributed by atoms with E-state index in [-0.39, 0.29) is 28.9 Å². The maximum atomic E-state index is 12.5. The Morgan fingerprint density at radius 2 is 2.08 bits per heavy atom. The zero-order valence-corrected chi connectivity index (χ0v) is 14.9. The second-order valence-electron chi connectivity index (χ2n) is 6.84. The van der Waals surface area contributed by atoms with Gasteiger partial charge in [-0.1, -0.05) is 24.6 Å². The van der Waals surface area contributed by atoms with Crippen LogP contribution in [-0.2, 0) is 4.79 Å². The molecule has 1 saturated heterocycles. The summed E-state index contributed by atoms with van der Waals surface area (Å²) in [5, 5.41) is 3.22. The summed E-state index contributed by atoms with van der Waals surface area (Å²) in [6, 6.07) is 3.11. The Balaban J connectivity index is 1.87. The molecule has 2 amide bonds. The number of amides is 2. The van der Waals surface area contributed by atoms with Crippen molar-refractivity contribution in [1.82, 2.24) is 15.2 Å². The molecule has 0 saturated carbocycles. The first kappa shape index (κ1) is 16.7. The molecule has 1 aromatic heterocycles. The Hall–Kier alpha value is -2.14. The molecule has 1 fully saturated rings. The minimum Gasteiger partial charge on any atom is -0.338 e. The van der Waals surface area contributed by atoms with E-state index in [0.717, 1.165) is 11.3 Å². The number of fused-ring (bicyclic) bond motifs is 1. The van der Waals surface area contributed by atoms with Crippen LogP contribution in [0.15, 0.2) is 41.8 Å². The van der Waals surface area contributed by atoms with Gasteiger partial charge in [-0.2, -0.15) is 0 Å². The number of pyridine rings is 1. The van der Waals surface area contributed by atoms with Crippen LogP contribution in [0.4, 0.5) is 0 Å². The van der Waals surface area contributed by atoms with E-state index in [1.165, 1.54) is 12.3 Å². The third-order valence-electron chi connectivity index (χ3n) is 4.97. The number of rotatable bonds is 2. The van der Waals surface area contributed by atoms with Gasteiger partial charge in [0.15, 0.2) is 0 Å². The molecule has 6 heteroatoms. The largest absolute Gasteiger partial charge is 0.338 e. The SMILES string of the molecule is CC1C(NC(=O)c2ccnc(Cl)c2)=CC=C2C1N(C)C(=O)C2(C)C. The van der Waals surface area contributed by atoms with E-state index < -0.39 is 5.41 Å². The van der Waals surface area contributed by atoms with Crippen molar-refractivity contribution in [2.24, 2.45) is 11.3 Å². The number of nitrogens with zero attached hydrogens (tertiary/aromatic N) is 2. The summed E-state index contributed by atoms with van der Waals surface area (Å²) in [7, 11) is 1.82.